The molecule has 1 aromatic rings. The van der Waals surface area contributed by atoms with Crippen LogP contribution in [0.1, 0.15) is 56.8 Å². The lowest BCUT2D eigenvalue weighted by atomic mass is 9.99. The summed E-state index contributed by atoms with van der Waals surface area (Å²) < 4.78 is 0. The van der Waals surface area contributed by atoms with Crippen LogP contribution in [-0.2, 0) is 0 Å². The Hall–Kier alpha value is -1.36. The molecule has 3 N–H and O–H groups in total. The highest BCUT2D eigenvalue weighted by Gasteiger charge is 2.26. The molecular formula is C15H26N4O. The van der Waals surface area contributed by atoms with Crippen LogP contribution in [0.3, 0.4) is 0 Å². The number of hydrogen-bond acceptors (Lipinski definition) is 5. The molecule has 0 bridgehead atoms. The largest absolute Gasteiger partial charge is 0.396 e. The molecule has 0 spiro atoms. The van der Waals surface area contributed by atoms with Gasteiger partial charge in [0, 0.05) is 30.7 Å². The molecule has 1 aromatic heterocycles. The molecule has 20 heavy (non-hydrogen) atoms. The zero-order valence-electron chi connectivity index (χ0n) is 12.8. The molecule has 112 valence electrons. The molecule has 0 radical (unpaired) electrons. The smallest absolute Gasteiger partial charge is 0.137 e. The van der Waals surface area contributed by atoms with E-state index < -0.39 is 0 Å². The first-order valence-electron chi connectivity index (χ1n) is 7.56. The van der Waals surface area contributed by atoms with Gasteiger partial charge in [-0.05, 0) is 32.6 Å². The van der Waals surface area contributed by atoms with Gasteiger partial charge in [-0.1, -0.05) is 13.8 Å². The van der Waals surface area contributed by atoms with Gasteiger partial charge in [0.15, 0.2) is 0 Å². The Balaban J connectivity index is 2.38. The summed E-state index contributed by atoms with van der Waals surface area (Å²) >= 11 is 0. The number of nitrogens with zero attached hydrogens (tertiary/aromatic N) is 3. The fourth-order valence-electron chi connectivity index (χ4n) is 2.81. The summed E-state index contributed by atoms with van der Waals surface area (Å²) in [4.78, 5) is 11.4. The molecule has 0 aromatic carbocycles. The first kappa shape index (κ1) is 15.0. The lowest BCUT2D eigenvalue weighted by molar-refractivity contribution is 0.262. The fourth-order valence-corrected chi connectivity index (χ4v) is 2.81. The highest BCUT2D eigenvalue weighted by atomic mass is 16.3. The van der Waals surface area contributed by atoms with Gasteiger partial charge < -0.3 is 15.7 Å². The molecule has 1 aliphatic rings. The number of rotatable bonds is 4. The molecule has 2 heterocycles. The molecular weight excluding hydrogens is 252 g/mol. The van der Waals surface area contributed by atoms with Crippen molar-refractivity contribution in [1.29, 1.82) is 0 Å². The van der Waals surface area contributed by atoms with E-state index in [0.717, 1.165) is 36.6 Å². The maximum Gasteiger partial charge on any atom is 0.137 e. The zero-order chi connectivity index (χ0) is 14.7. The highest BCUT2D eigenvalue weighted by molar-refractivity contribution is 5.57. The Morgan fingerprint density at radius 3 is 2.75 bits per heavy atom. The van der Waals surface area contributed by atoms with E-state index in [1.165, 1.54) is 12.8 Å². The average molecular weight is 278 g/mol. The number of anilines is 2. The van der Waals surface area contributed by atoms with Crippen molar-refractivity contribution in [3.05, 3.63) is 11.4 Å². The van der Waals surface area contributed by atoms with Gasteiger partial charge in [0.25, 0.3) is 0 Å². The van der Waals surface area contributed by atoms with Crippen molar-refractivity contribution in [2.24, 2.45) is 0 Å². The molecule has 2 rings (SSSR count). The van der Waals surface area contributed by atoms with Crippen LogP contribution in [-0.4, -0.2) is 34.3 Å². The summed E-state index contributed by atoms with van der Waals surface area (Å²) in [5, 5.41) is 9.27. The Kier molecular flexibility index (Phi) is 4.81. The highest BCUT2D eigenvalue weighted by Crippen LogP contribution is 2.30. The minimum atomic E-state index is 0.220. The van der Waals surface area contributed by atoms with E-state index in [1.807, 2.05) is 6.92 Å². The third-order valence-corrected chi connectivity index (χ3v) is 4.05. The van der Waals surface area contributed by atoms with Gasteiger partial charge in [0.05, 0.1) is 0 Å². The Bertz CT molecular complexity index is 459. The van der Waals surface area contributed by atoms with Gasteiger partial charge in [0.1, 0.15) is 17.5 Å². The number of nitrogen functional groups attached to an aromatic ring is 1. The van der Waals surface area contributed by atoms with E-state index in [2.05, 4.69) is 23.7 Å². The molecule has 5 nitrogen and oxygen atoms in total. The first-order chi connectivity index (χ1) is 9.54. The number of aliphatic hydroxyl groups excluding tert-OH is 1. The van der Waals surface area contributed by atoms with Gasteiger partial charge in [-0.3, -0.25) is 0 Å². The third-order valence-electron chi connectivity index (χ3n) is 4.05. The molecule has 1 aliphatic heterocycles. The molecule has 0 amide bonds. The van der Waals surface area contributed by atoms with E-state index in [-0.39, 0.29) is 12.5 Å². The maximum atomic E-state index is 9.27. The average Bonchev–Trinajstić information content (AvgIpc) is 2.43. The molecule has 0 saturated carbocycles. The predicted octanol–water partition coefficient (Wildman–Crippen LogP) is 2.23. The van der Waals surface area contributed by atoms with Crippen LogP contribution in [0.25, 0.3) is 0 Å². The summed E-state index contributed by atoms with van der Waals surface area (Å²) in [7, 11) is 0. The van der Waals surface area contributed by atoms with Gasteiger partial charge in [-0.25, -0.2) is 9.97 Å². The number of aliphatic hydroxyl groups is 1. The van der Waals surface area contributed by atoms with Crippen molar-refractivity contribution in [3.63, 3.8) is 0 Å². The van der Waals surface area contributed by atoms with Crippen molar-refractivity contribution in [2.45, 2.75) is 58.4 Å². The normalized spacial score (nSPS) is 19.6. The van der Waals surface area contributed by atoms with Crippen molar-refractivity contribution >= 4 is 11.6 Å². The van der Waals surface area contributed by atoms with Crippen LogP contribution in [0.4, 0.5) is 11.6 Å². The summed E-state index contributed by atoms with van der Waals surface area (Å²) in [6.07, 6.45) is 4.29. The number of nitrogens with two attached hydrogens (primary N) is 1. The Morgan fingerprint density at radius 1 is 1.35 bits per heavy atom. The quantitative estimate of drug-likeness (QED) is 0.883. The van der Waals surface area contributed by atoms with Crippen molar-refractivity contribution in [2.75, 3.05) is 23.8 Å². The van der Waals surface area contributed by atoms with E-state index in [4.69, 9.17) is 10.7 Å². The SMILES string of the molecule is Cc1c(N)nc(C(C)C)nc1N1CCCCC1CCO. The fraction of sp³-hybridized carbons (Fsp3) is 0.733. The van der Waals surface area contributed by atoms with Gasteiger partial charge in [0.2, 0.25) is 0 Å². The second kappa shape index (κ2) is 6.39. The molecule has 1 unspecified atom stereocenters. The van der Waals surface area contributed by atoms with Crippen LogP contribution in [0, 0.1) is 6.92 Å². The molecule has 1 atom stereocenters. The first-order valence-corrected chi connectivity index (χ1v) is 7.56. The molecule has 5 heteroatoms. The van der Waals surface area contributed by atoms with E-state index >= 15 is 0 Å². The summed E-state index contributed by atoms with van der Waals surface area (Å²) in [5.41, 5.74) is 7.02. The van der Waals surface area contributed by atoms with Crippen LogP contribution >= 0.6 is 0 Å². The van der Waals surface area contributed by atoms with E-state index in [1.54, 1.807) is 0 Å². The van der Waals surface area contributed by atoms with Crippen molar-refractivity contribution in [3.8, 4) is 0 Å². The van der Waals surface area contributed by atoms with E-state index in [9.17, 15) is 5.11 Å². The van der Waals surface area contributed by atoms with Crippen LogP contribution < -0.4 is 10.6 Å². The minimum Gasteiger partial charge on any atom is -0.396 e. The molecule has 1 saturated heterocycles. The zero-order valence-corrected chi connectivity index (χ0v) is 12.8. The van der Waals surface area contributed by atoms with E-state index in [0.29, 0.717) is 11.9 Å². The van der Waals surface area contributed by atoms with Crippen LogP contribution in [0.15, 0.2) is 0 Å². The Labute approximate surface area is 121 Å². The lowest BCUT2D eigenvalue weighted by Gasteiger charge is -2.37. The minimum absolute atomic E-state index is 0.220. The summed E-state index contributed by atoms with van der Waals surface area (Å²) in [6, 6.07) is 0.363. The van der Waals surface area contributed by atoms with Gasteiger partial charge in [-0.15, -0.1) is 0 Å². The van der Waals surface area contributed by atoms with Crippen LogP contribution in [0.5, 0.6) is 0 Å². The number of piperidine rings is 1. The second-order valence-corrected chi connectivity index (χ2v) is 5.93. The number of aromatic nitrogens is 2. The molecule has 1 fully saturated rings. The van der Waals surface area contributed by atoms with Crippen molar-refractivity contribution in [1.82, 2.24) is 9.97 Å². The molecule has 0 aliphatic carbocycles. The topological polar surface area (TPSA) is 75.3 Å². The predicted molar refractivity (Wildman–Crippen MR) is 82.0 cm³/mol. The number of hydrogen-bond donors (Lipinski definition) is 2. The van der Waals surface area contributed by atoms with Gasteiger partial charge in [-0.2, -0.15) is 0 Å². The second-order valence-electron chi connectivity index (χ2n) is 5.93. The third kappa shape index (κ3) is 3.03. The lowest BCUT2D eigenvalue weighted by Crippen LogP contribution is -2.41. The maximum absolute atomic E-state index is 9.27. The summed E-state index contributed by atoms with van der Waals surface area (Å²) in [6.45, 7) is 7.35. The standard InChI is InChI=1S/C15H26N4O/c1-10(2)14-17-13(16)11(3)15(18-14)19-8-5-4-6-12(19)7-9-20/h10,12,20H,4-9H2,1-3H3,(H2,16,17,18). The van der Waals surface area contributed by atoms with Crippen LogP contribution in [0.2, 0.25) is 0 Å². The van der Waals surface area contributed by atoms with Gasteiger partial charge >= 0.3 is 0 Å². The monoisotopic (exact) mass is 278 g/mol. The summed E-state index contributed by atoms with van der Waals surface area (Å²) in [5.74, 6) is 2.60. The Morgan fingerprint density at radius 2 is 2.10 bits per heavy atom. The van der Waals surface area contributed by atoms with Crippen molar-refractivity contribution < 1.29 is 5.11 Å².